The van der Waals surface area contributed by atoms with Crippen molar-refractivity contribution in [3.8, 4) is 11.4 Å². The van der Waals surface area contributed by atoms with Gasteiger partial charge in [-0.2, -0.15) is 0 Å². The molecule has 2 aromatic carbocycles. The fourth-order valence-corrected chi connectivity index (χ4v) is 3.33. The predicted octanol–water partition coefficient (Wildman–Crippen LogP) is 3.53. The van der Waals surface area contributed by atoms with Crippen molar-refractivity contribution < 1.29 is 8.42 Å². The number of aromatic amines is 1. The van der Waals surface area contributed by atoms with E-state index in [1.165, 1.54) is 12.1 Å². The molecule has 0 aliphatic carbocycles. The molecule has 0 radical (unpaired) electrons. The number of hydrogen-bond acceptors (Lipinski definition) is 3. The fraction of sp³-hybridized carbons (Fsp3) is 0. The molecule has 3 rings (SSSR count). The second-order valence-corrected chi connectivity index (χ2v) is 6.70. The number of anilines is 1. The van der Waals surface area contributed by atoms with Crippen LogP contribution in [0.4, 0.5) is 5.69 Å². The van der Waals surface area contributed by atoms with Crippen LogP contribution < -0.4 is 4.72 Å². The molecular formula is C15H12ClN3O2S. The van der Waals surface area contributed by atoms with Crippen LogP contribution in [0.25, 0.3) is 11.4 Å². The van der Waals surface area contributed by atoms with Gasteiger partial charge in [-0.15, -0.1) is 0 Å². The fourth-order valence-electron chi connectivity index (χ4n) is 1.97. The first-order chi connectivity index (χ1) is 10.5. The molecule has 0 aliphatic heterocycles. The first-order valence-electron chi connectivity index (χ1n) is 6.43. The van der Waals surface area contributed by atoms with Gasteiger partial charge in [-0.05, 0) is 42.5 Å². The molecule has 0 spiro atoms. The standard InChI is InChI=1S/C15H12ClN3O2S/c16-12-2-1-3-14(10-12)22(20,21)19-13-6-4-11(5-7-13)15-17-8-9-18-15/h1-10,19H,(H,17,18). The highest BCUT2D eigenvalue weighted by molar-refractivity contribution is 7.92. The second kappa shape index (κ2) is 5.82. The van der Waals surface area contributed by atoms with Gasteiger partial charge in [0.05, 0.1) is 4.90 Å². The van der Waals surface area contributed by atoms with Crippen molar-refractivity contribution in [1.29, 1.82) is 0 Å². The minimum absolute atomic E-state index is 0.120. The molecule has 22 heavy (non-hydrogen) atoms. The summed E-state index contributed by atoms with van der Waals surface area (Å²) in [6.07, 6.45) is 3.39. The largest absolute Gasteiger partial charge is 0.345 e. The maximum atomic E-state index is 12.3. The SMILES string of the molecule is O=S(=O)(Nc1ccc(-c2ncc[nH]2)cc1)c1cccc(Cl)c1. The summed E-state index contributed by atoms with van der Waals surface area (Å²) in [6, 6.07) is 13.0. The van der Waals surface area contributed by atoms with Crippen LogP contribution in [0.1, 0.15) is 0 Å². The van der Waals surface area contributed by atoms with Crippen LogP contribution in [0.3, 0.4) is 0 Å². The number of sulfonamides is 1. The van der Waals surface area contributed by atoms with E-state index in [4.69, 9.17) is 11.6 Å². The Bertz CT molecular complexity index is 875. The number of H-pyrrole nitrogens is 1. The number of nitrogens with zero attached hydrogens (tertiary/aromatic N) is 1. The van der Waals surface area contributed by atoms with E-state index < -0.39 is 10.0 Å². The molecule has 0 bridgehead atoms. The summed E-state index contributed by atoms with van der Waals surface area (Å²) in [5.74, 6) is 0.726. The molecule has 0 fully saturated rings. The van der Waals surface area contributed by atoms with Gasteiger partial charge in [-0.25, -0.2) is 13.4 Å². The molecule has 3 aromatic rings. The monoisotopic (exact) mass is 333 g/mol. The zero-order chi connectivity index (χ0) is 15.6. The zero-order valence-electron chi connectivity index (χ0n) is 11.3. The normalized spacial score (nSPS) is 11.3. The number of rotatable bonds is 4. The molecule has 0 saturated carbocycles. The zero-order valence-corrected chi connectivity index (χ0v) is 12.9. The second-order valence-electron chi connectivity index (χ2n) is 4.58. The Morgan fingerprint density at radius 1 is 1.09 bits per heavy atom. The minimum Gasteiger partial charge on any atom is -0.345 e. The molecule has 112 valence electrons. The third kappa shape index (κ3) is 3.13. The molecule has 2 N–H and O–H groups in total. The Morgan fingerprint density at radius 2 is 1.86 bits per heavy atom. The average Bonchev–Trinajstić information content (AvgIpc) is 3.02. The molecular weight excluding hydrogens is 322 g/mol. The van der Waals surface area contributed by atoms with E-state index in [0.717, 1.165) is 11.4 Å². The van der Waals surface area contributed by atoms with Gasteiger partial charge >= 0.3 is 0 Å². The van der Waals surface area contributed by atoms with Crippen molar-refractivity contribution in [2.75, 3.05) is 4.72 Å². The summed E-state index contributed by atoms with van der Waals surface area (Å²) in [6.45, 7) is 0. The van der Waals surface area contributed by atoms with Crippen LogP contribution in [-0.2, 0) is 10.0 Å². The lowest BCUT2D eigenvalue weighted by Crippen LogP contribution is -2.12. The van der Waals surface area contributed by atoms with Gasteiger partial charge in [-0.3, -0.25) is 4.72 Å². The van der Waals surface area contributed by atoms with Crippen molar-refractivity contribution in [3.05, 3.63) is 65.9 Å². The number of hydrogen-bond donors (Lipinski definition) is 2. The minimum atomic E-state index is -3.66. The predicted molar refractivity (Wildman–Crippen MR) is 86.3 cm³/mol. The smallest absolute Gasteiger partial charge is 0.261 e. The summed E-state index contributed by atoms with van der Waals surface area (Å²) in [5.41, 5.74) is 1.34. The summed E-state index contributed by atoms with van der Waals surface area (Å²) < 4.78 is 27.1. The van der Waals surface area contributed by atoms with Crippen molar-refractivity contribution in [2.24, 2.45) is 0 Å². The molecule has 0 saturated heterocycles. The highest BCUT2D eigenvalue weighted by Gasteiger charge is 2.14. The van der Waals surface area contributed by atoms with Gasteiger partial charge in [0.15, 0.2) is 0 Å². The first kappa shape index (κ1) is 14.6. The van der Waals surface area contributed by atoms with Crippen LogP contribution in [0.2, 0.25) is 5.02 Å². The molecule has 0 atom stereocenters. The summed E-state index contributed by atoms with van der Waals surface area (Å²) in [4.78, 5) is 7.25. The van der Waals surface area contributed by atoms with E-state index in [-0.39, 0.29) is 4.90 Å². The van der Waals surface area contributed by atoms with Crippen molar-refractivity contribution in [3.63, 3.8) is 0 Å². The molecule has 0 unspecified atom stereocenters. The van der Waals surface area contributed by atoms with Crippen molar-refractivity contribution >= 4 is 27.3 Å². The molecule has 1 heterocycles. The van der Waals surface area contributed by atoms with Gasteiger partial charge < -0.3 is 4.98 Å². The van der Waals surface area contributed by atoms with Crippen LogP contribution >= 0.6 is 11.6 Å². The summed E-state index contributed by atoms with van der Waals surface area (Å²) >= 11 is 5.83. The topological polar surface area (TPSA) is 74.8 Å². The third-order valence-corrected chi connectivity index (χ3v) is 4.63. The number of benzene rings is 2. The summed E-state index contributed by atoms with van der Waals surface area (Å²) in [7, 11) is -3.66. The molecule has 0 aliphatic rings. The molecule has 1 aromatic heterocycles. The van der Waals surface area contributed by atoms with E-state index in [1.54, 1.807) is 48.8 Å². The third-order valence-electron chi connectivity index (χ3n) is 3.02. The van der Waals surface area contributed by atoms with Crippen LogP contribution in [0.15, 0.2) is 65.8 Å². The lowest BCUT2D eigenvalue weighted by molar-refractivity contribution is 0.601. The average molecular weight is 334 g/mol. The maximum Gasteiger partial charge on any atom is 0.261 e. The van der Waals surface area contributed by atoms with Crippen LogP contribution in [-0.4, -0.2) is 18.4 Å². The lowest BCUT2D eigenvalue weighted by atomic mass is 10.2. The van der Waals surface area contributed by atoms with Gasteiger partial charge in [0.25, 0.3) is 10.0 Å². The molecule has 5 nitrogen and oxygen atoms in total. The van der Waals surface area contributed by atoms with Crippen molar-refractivity contribution in [2.45, 2.75) is 4.90 Å². The number of aromatic nitrogens is 2. The van der Waals surface area contributed by atoms with Gasteiger partial charge in [-0.1, -0.05) is 17.7 Å². The van der Waals surface area contributed by atoms with E-state index in [2.05, 4.69) is 14.7 Å². The summed E-state index contributed by atoms with van der Waals surface area (Å²) in [5, 5.41) is 0.371. The molecule has 7 heteroatoms. The van der Waals surface area contributed by atoms with Gasteiger partial charge in [0.2, 0.25) is 0 Å². The van der Waals surface area contributed by atoms with Crippen LogP contribution in [0.5, 0.6) is 0 Å². The highest BCUT2D eigenvalue weighted by atomic mass is 35.5. The maximum absolute atomic E-state index is 12.3. The Kier molecular flexibility index (Phi) is 3.87. The Labute approximate surface area is 133 Å². The highest BCUT2D eigenvalue weighted by Crippen LogP contribution is 2.21. The van der Waals surface area contributed by atoms with E-state index in [9.17, 15) is 8.42 Å². The van der Waals surface area contributed by atoms with E-state index in [1.807, 2.05) is 0 Å². The Morgan fingerprint density at radius 3 is 2.50 bits per heavy atom. The quantitative estimate of drug-likeness (QED) is 0.767. The number of imidazole rings is 1. The number of nitrogens with one attached hydrogen (secondary N) is 2. The van der Waals surface area contributed by atoms with Crippen molar-refractivity contribution in [1.82, 2.24) is 9.97 Å². The Balaban J connectivity index is 1.84. The van der Waals surface area contributed by atoms with E-state index in [0.29, 0.717) is 10.7 Å². The van der Waals surface area contributed by atoms with Gasteiger partial charge in [0.1, 0.15) is 5.82 Å². The first-order valence-corrected chi connectivity index (χ1v) is 8.29. The Hall–Kier alpha value is -2.31. The lowest BCUT2D eigenvalue weighted by Gasteiger charge is -2.08. The van der Waals surface area contributed by atoms with E-state index >= 15 is 0 Å². The number of halogens is 1. The molecule has 0 amide bonds. The van der Waals surface area contributed by atoms with Crippen LogP contribution in [0, 0.1) is 0 Å². The van der Waals surface area contributed by atoms with Gasteiger partial charge in [0, 0.05) is 28.7 Å².